The Morgan fingerprint density at radius 2 is 1.94 bits per heavy atom. The van der Waals surface area contributed by atoms with Gasteiger partial charge in [0, 0.05) is 6.04 Å². The molecule has 5 heteroatoms. The average molecular weight is 244 g/mol. The van der Waals surface area contributed by atoms with Crippen LogP contribution in [0.4, 0.5) is 0 Å². The Hall–Kier alpha value is -1.10. The first-order valence-corrected chi connectivity index (χ1v) is 6.14. The fourth-order valence-corrected chi connectivity index (χ4v) is 1.71. The normalized spacial score (nSPS) is 14.4. The van der Waals surface area contributed by atoms with Gasteiger partial charge in [0.2, 0.25) is 5.91 Å². The Labute approximate surface area is 103 Å². The second-order valence-electron chi connectivity index (χ2n) is 4.83. The average Bonchev–Trinajstić information content (AvgIpc) is 2.15. The Morgan fingerprint density at radius 1 is 1.35 bits per heavy atom. The van der Waals surface area contributed by atoms with Gasteiger partial charge in [-0.2, -0.15) is 0 Å². The third-order valence-corrected chi connectivity index (χ3v) is 2.47. The standard InChI is InChI=1S/C12H24N2O3/c1-4-5-9(7-11(15)16)14-12(17)10(13)6-8(2)3/h8-10H,4-7,13H2,1-3H3,(H,14,17)(H,15,16)/t9?,10-/m0/s1. The van der Waals surface area contributed by atoms with Gasteiger partial charge in [-0.1, -0.05) is 27.2 Å². The van der Waals surface area contributed by atoms with Gasteiger partial charge in [0.15, 0.2) is 0 Å². The maximum absolute atomic E-state index is 11.7. The number of nitrogens with one attached hydrogen (secondary N) is 1. The summed E-state index contributed by atoms with van der Waals surface area (Å²) in [4.78, 5) is 22.3. The monoisotopic (exact) mass is 244 g/mol. The van der Waals surface area contributed by atoms with E-state index in [9.17, 15) is 9.59 Å². The van der Waals surface area contributed by atoms with Gasteiger partial charge < -0.3 is 16.2 Å². The van der Waals surface area contributed by atoms with E-state index >= 15 is 0 Å². The Balaban J connectivity index is 4.23. The molecule has 0 saturated carbocycles. The lowest BCUT2D eigenvalue weighted by Crippen LogP contribution is -2.46. The molecule has 0 bridgehead atoms. The Kier molecular flexibility index (Phi) is 7.54. The fourth-order valence-electron chi connectivity index (χ4n) is 1.71. The van der Waals surface area contributed by atoms with E-state index in [0.717, 1.165) is 6.42 Å². The van der Waals surface area contributed by atoms with Gasteiger partial charge in [0.25, 0.3) is 0 Å². The third-order valence-electron chi connectivity index (χ3n) is 2.47. The molecule has 0 aliphatic carbocycles. The van der Waals surface area contributed by atoms with Crippen LogP contribution in [0.1, 0.15) is 46.5 Å². The summed E-state index contributed by atoms with van der Waals surface area (Å²) >= 11 is 0. The minimum Gasteiger partial charge on any atom is -0.481 e. The highest BCUT2D eigenvalue weighted by Crippen LogP contribution is 2.06. The van der Waals surface area contributed by atoms with Crippen molar-refractivity contribution >= 4 is 11.9 Å². The summed E-state index contributed by atoms with van der Waals surface area (Å²) in [5.74, 6) is -0.806. The Bertz CT molecular complexity index is 254. The van der Waals surface area contributed by atoms with Crippen molar-refractivity contribution in [2.24, 2.45) is 11.7 Å². The summed E-state index contributed by atoms with van der Waals surface area (Å²) in [6.45, 7) is 5.94. The molecule has 0 fully saturated rings. The van der Waals surface area contributed by atoms with Gasteiger partial charge in [-0.25, -0.2) is 0 Å². The van der Waals surface area contributed by atoms with Crippen LogP contribution in [0.25, 0.3) is 0 Å². The number of hydrogen-bond donors (Lipinski definition) is 3. The minimum absolute atomic E-state index is 0.0476. The lowest BCUT2D eigenvalue weighted by Gasteiger charge is -2.20. The minimum atomic E-state index is -0.902. The first-order valence-electron chi connectivity index (χ1n) is 6.14. The number of amides is 1. The first-order chi connectivity index (χ1) is 7.86. The van der Waals surface area contributed by atoms with Crippen molar-refractivity contribution in [3.8, 4) is 0 Å². The van der Waals surface area contributed by atoms with Crippen molar-refractivity contribution in [2.75, 3.05) is 0 Å². The quantitative estimate of drug-likeness (QED) is 0.596. The van der Waals surface area contributed by atoms with Crippen molar-refractivity contribution in [1.82, 2.24) is 5.32 Å². The topological polar surface area (TPSA) is 92.4 Å². The third kappa shape index (κ3) is 7.74. The highest BCUT2D eigenvalue weighted by molar-refractivity contribution is 5.82. The molecule has 5 nitrogen and oxygen atoms in total. The molecule has 1 unspecified atom stereocenters. The smallest absolute Gasteiger partial charge is 0.305 e. The second-order valence-corrected chi connectivity index (χ2v) is 4.83. The van der Waals surface area contributed by atoms with E-state index in [4.69, 9.17) is 10.8 Å². The van der Waals surface area contributed by atoms with E-state index in [1.807, 2.05) is 20.8 Å². The molecule has 0 aromatic heterocycles. The van der Waals surface area contributed by atoms with Crippen LogP contribution in [-0.4, -0.2) is 29.1 Å². The van der Waals surface area contributed by atoms with Gasteiger partial charge in [-0.05, 0) is 18.8 Å². The van der Waals surface area contributed by atoms with Gasteiger partial charge in [0.1, 0.15) is 0 Å². The summed E-state index contributed by atoms with van der Waals surface area (Å²) in [5.41, 5.74) is 5.73. The lowest BCUT2D eigenvalue weighted by molar-refractivity contribution is -0.137. The number of carbonyl (C=O) groups excluding carboxylic acids is 1. The van der Waals surface area contributed by atoms with Crippen LogP contribution >= 0.6 is 0 Å². The van der Waals surface area contributed by atoms with Crippen LogP contribution in [0, 0.1) is 5.92 Å². The van der Waals surface area contributed by atoms with Crippen LogP contribution in [-0.2, 0) is 9.59 Å². The van der Waals surface area contributed by atoms with Crippen LogP contribution < -0.4 is 11.1 Å². The predicted octanol–water partition coefficient (Wildman–Crippen LogP) is 1.12. The van der Waals surface area contributed by atoms with Crippen LogP contribution in [0.15, 0.2) is 0 Å². The molecule has 0 aliphatic heterocycles. The van der Waals surface area contributed by atoms with Crippen LogP contribution in [0.3, 0.4) is 0 Å². The van der Waals surface area contributed by atoms with Gasteiger partial charge in [-0.3, -0.25) is 9.59 Å². The summed E-state index contributed by atoms with van der Waals surface area (Å²) in [7, 11) is 0. The second kappa shape index (κ2) is 8.06. The largest absolute Gasteiger partial charge is 0.481 e. The van der Waals surface area contributed by atoms with E-state index in [2.05, 4.69) is 5.32 Å². The molecule has 1 amide bonds. The van der Waals surface area contributed by atoms with E-state index in [0.29, 0.717) is 18.8 Å². The zero-order valence-electron chi connectivity index (χ0n) is 10.9. The maximum atomic E-state index is 11.7. The fraction of sp³-hybridized carbons (Fsp3) is 0.833. The molecular weight excluding hydrogens is 220 g/mol. The highest BCUT2D eigenvalue weighted by atomic mass is 16.4. The summed E-state index contributed by atoms with van der Waals surface area (Å²) in [5, 5.41) is 11.4. The highest BCUT2D eigenvalue weighted by Gasteiger charge is 2.20. The van der Waals surface area contributed by atoms with E-state index in [1.165, 1.54) is 0 Å². The summed E-state index contributed by atoms with van der Waals surface area (Å²) in [6.07, 6.45) is 2.05. The maximum Gasteiger partial charge on any atom is 0.305 e. The van der Waals surface area contributed by atoms with Crippen LogP contribution in [0.5, 0.6) is 0 Å². The van der Waals surface area contributed by atoms with Crippen molar-refractivity contribution < 1.29 is 14.7 Å². The number of nitrogens with two attached hydrogens (primary N) is 1. The molecule has 0 radical (unpaired) electrons. The van der Waals surface area contributed by atoms with Crippen LogP contribution in [0.2, 0.25) is 0 Å². The van der Waals surface area contributed by atoms with Gasteiger partial charge in [0.05, 0.1) is 12.5 Å². The molecule has 0 heterocycles. The molecular formula is C12H24N2O3. The number of rotatable bonds is 8. The number of hydrogen-bond acceptors (Lipinski definition) is 3. The zero-order chi connectivity index (χ0) is 13.4. The number of aliphatic carboxylic acids is 1. The number of carboxylic acids is 1. The van der Waals surface area contributed by atoms with Crippen molar-refractivity contribution in [3.05, 3.63) is 0 Å². The number of carbonyl (C=O) groups is 2. The molecule has 0 aromatic carbocycles. The molecule has 0 rings (SSSR count). The van der Waals surface area contributed by atoms with Crippen molar-refractivity contribution in [2.45, 2.75) is 58.5 Å². The van der Waals surface area contributed by atoms with Crippen molar-refractivity contribution in [3.63, 3.8) is 0 Å². The van der Waals surface area contributed by atoms with Gasteiger partial charge >= 0.3 is 5.97 Å². The molecule has 100 valence electrons. The van der Waals surface area contributed by atoms with Crippen molar-refractivity contribution in [1.29, 1.82) is 0 Å². The molecule has 0 spiro atoms. The Morgan fingerprint density at radius 3 is 2.35 bits per heavy atom. The molecule has 0 saturated heterocycles. The SMILES string of the molecule is CCCC(CC(=O)O)NC(=O)[C@@H](N)CC(C)C. The first kappa shape index (κ1) is 15.9. The predicted molar refractivity (Wildman–Crippen MR) is 66.5 cm³/mol. The number of carboxylic acid groups (broad SMARTS) is 1. The molecule has 0 aliphatic rings. The molecule has 0 aromatic rings. The van der Waals surface area contributed by atoms with E-state index in [1.54, 1.807) is 0 Å². The molecule has 2 atom stereocenters. The summed E-state index contributed by atoms with van der Waals surface area (Å²) in [6, 6.07) is -0.869. The van der Waals surface area contributed by atoms with Gasteiger partial charge in [-0.15, -0.1) is 0 Å². The molecule has 4 N–H and O–H groups in total. The molecule has 17 heavy (non-hydrogen) atoms. The van der Waals surface area contributed by atoms with E-state index in [-0.39, 0.29) is 18.4 Å². The van der Waals surface area contributed by atoms with E-state index < -0.39 is 12.0 Å². The lowest BCUT2D eigenvalue weighted by atomic mass is 10.0. The zero-order valence-corrected chi connectivity index (χ0v) is 10.9. The summed E-state index contributed by atoms with van der Waals surface area (Å²) < 4.78 is 0.